The van der Waals surface area contributed by atoms with Crippen molar-refractivity contribution < 1.29 is 9.90 Å². The number of rotatable bonds is 4. The summed E-state index contributed by atoms with van der Waals surface area (Å²) in [5.74, 6) is -0.984. The number of thiophene rings is 1. The lowest BCUT2D eigenvalue weighted by Crippen LogP contribution is -2.25. The van der Waals surface area contributed by atoms with E-state index in [4.69, 9.17) is 5.11 Å². The molecule has 2 aromatic heterocycles. The average Bonchev–Trinajstić information content (AvgIpc) is 2.94. The normalized spacial score (nSPS) is 17.7. The highest BCUT2D eigenvalue weighted by molar-refractivity contribution is 7.10. The number of aromatic carboxylic acids is 1. The topological polar surface area (TPSA) is 75.1 Å². The summed E-state index contributed by atoms with van der Waals surface area (Å²) in [6.45, 7) is 0.449. The van der Waals surface area contributed by atoms with E-state index in [0.717, 1.165) is 12.8 Å². The minimum absolute atomic E-state index is 0.168. The summed E-state index contributed by atoms with van der Waals surface area (Å²) >= 11 is 1.80. The Morgan fingerprint density at radius 3 is 3.30 bits per heavy atom. The summed E-state index contributed by atoms with van der Waals surface area (Å²) in [7, 11) is 0. The molecule has 1 unspecified atom stereocenters. The third-order valence-corrected chi connectivity index (χ3v) is 4.59. The molecule has 0 aromatic carbocycles. The molecular weight excluding hydrogens is 274 g/mol. The Kier molecular flexibility index (Phi) is 3.75. The predicted molar refractivity (Wildman–Crippen MR) is 75.8 cm³/mol. The number of fused-ring (bicyclic) bond motifs is 1. The first kappa shape index (κ1) is 13.2. The van der Waals surface area contributed by atoms with E-state index in [2.05, 4.69) is 26.7 Å². The van der Waals surface area contributed by atoms with Crippen LogP contribution in [0.2, 0.25) is 0 Å². The molecule has 0 saturated carbocycles. The average molecular weight is 289 g/mol. The monoisotopic (exact) mass is 289 g/mol. The van der Waals surface area contributed by atoms with Crippen molar-refractivity contribution >= 4 is 17.3 Å². The second kappa shape index (κ2) is 5.68. The van der Waals surface area contributed by atoms with Gasteiger partial charge in [0.25, 0.3) is 0 Å². The Morgan fingerprint density at radius 1 is 1.55 bits per heavy atom. The molecule has 0 fully saturated rings. The second-order valence-corrected chi connectivity index (χ2v) is 5.81. The molecule has 0 aliphatic heterocycles. The van der Waals surface area contributed by atoms with Gasteiger partial charge in [-0.1, -0.05) is 0 Å². The van der Waals surface area contributed by atoms with Crippen LogP contribution in [0.4, 0.5) is 0 Å². The Morgan fingerprint density at radius 2 is 2.45 bits per heavy atom. The van der Waals surface area contributed by atoms with Gasteiger partial charge in [-0.15, -0.1) is 11.3 Å². The van der Waals surface area contributed by atoms with Crippen LogP contribution in [0, 0.1) is 0 Å². The molecule has 6 heteroatoms. The molecule has 0 spiro atoms. The minimum Gasteiger partial charge on any atom is -0.478 e. The largest absolute Gasteiger partial charge is 0.478 e. The summed E-state index contributed by atoms with van der Waals surface area (Å²) in [5, 5.41) is 14.7. The molecule has 0 radical (unpaired) electrons. The van der Waals surface area contributed by atoms with Crippen LogP contribution >= 0.6 is 11.3 Å². The quantitative estimate of drug-likeness (QED) is 0.904. The van der Waals surface area contributed by atoms with Gasteiger partial charge in [0.05, 0.1) is 5.69 Å². The molecule has 1 aliphatic carbocycles. The molecule has 104 valence electrons. The predicted octanol–water partition coefficient (Wildman–Crippen LogP) is 2.40. The molecule has 3 rings (SSSR count). The van der Waals surface area contributed by atoms with Crippen LogP contribution in [0.15, 0.2) is 24.0 Å². The molecule has 2 heterocycles. The van der Waals surface area contributed by atoms with Crippen LogP contribution in [0.5, 0.6) is 0 Å². The van der Waals surface area contributed by atoms with E-state index in [1.54, 1.807) is 11.3 Å². The number of hydrogen-bond acceptors (Lipinski definition) is 5. The highest BCUT2D eigenvalue weighted by Gasteiger charge is 2.21. The van der Waals surface area contributed by atoms with Crippen LogP contribution in [0.3, 0.4) is 0 Å². The summed E-state index contributed by atoms with van der Waals surface area (Å²) in [6, 6.07) is 2.45. The van der Waals surface area contributed by atoms with Crippen LogP contribution in [-0.4, -0.2) is 21.0 Å². The lowest BCUT2D eigenvalue weighted by Gasteiger charge is -2.23. The minimum atomic E-state index is -0.984. The van der Waals surface area contributed by atoms with Crippen molar-refractivity contribution in [3.63, 3.8) is 0 Å². The maximum absolute atomic E-state index is 11.1. The third-order valence-electron chi connectivity index (χ3n) is 3.59. The zero-order chi connectivity index (χ0) is 13.9. The lowest BCUT2D eigenvalue weighted by atomic mass is 9.94. The van der Waals surface area contributed by atoms with Crippen molar-refractivity contribution in [1.29, 1.82) is 0 Å². The number of aryl methyl sites for hydroxylation is 1. The van der Waals surface area contributed by atoms with E-state index < -0.39 is 5.97 Å². The van der Waals surface area contributed by atoms with Gasteiger partial charge in [-0.2, -0.15) is 0 Å². The molecule has 0 amide bonds. The van der Waals surface area contributed by atoms with Gasteiger partial charge in [-0.3, -0.25) is 0 Å². The Hall–Kier alpha value is -1.79. The van der Waals surface area contributed by atoms with Crippen molar-refractivity contribution in [2.24, 2.45) is 0 Å². The first-order chi connectivity index (χ1) is 9.75. The summed E-state index contributed by atoms with van der Waals surface area (Å²) in [5.41, 5.74) is 2.06. The van der Waals surface area contributed by atoms with Gasteiger partial charge in [0.15, 0.2) is 0 Å². The molecular formula is C14H15N3O2S. The molecule has 0 bridgehead atoms. The van der Waals surface area contributed by atoms with Crippen LogP contribution in [-0.2, 0) is 13.0 Å². The maximum atomic E-state index is 11.1. The zero-order valence-electron chi connectivity index (χ0n) is 10.9. The van der Waals surface area contributed by atoms with Gasteiger partial charge in [-0.25, -0.2) is 14.8 Å². The van der Waals surface area contributed by atoms with E-state index >= 15 is 0 Å². The Bertz CT molecular complexity index is 626. The van der Waals surface area contributed by atoms with Crippen LogP contribution in [0.1, 0.15) is 45.4 Å². The first-order valence-electron chi connectivity index (χ1n) is 6.57. The van der Waals surface area contributed by atoms with Crippen molar-refractivity contribution in [2.45, 2.75) is 31.8 Å². The highest BCUT2D eigenvalue weighted by Crippen LogP contribution is 2.33. The smallest absolute Gasteiger partial charge is 0.339 e. The van der Waals surface area contributed by atoms with Gasteiger partial charge >= 0.3 is 5.97 Å². The number of hydrogen-bond donors (Lipinski definition) is 2. The van der Waals surface area contributed by atoms with Gasteiger partial charge in [0.2, 0.25) is 0 Å². The van der Waals surface area contributed by atoms with E-state index in [9.17, 15) is 4.79 Å². The van der Waals surface area contributed by atoms with E-state index in [-0.39, 0.29) is 5.56 Å². The highest BCUT2D eigenvalue weighted by atomic mass is 32.1. The summed E-state index contributed by atoms with van der Waals surface area (Å²) in [4.78, 5) is 20.4. The standard InChI is InChI=1S/C14H15N3O2S/c18-14(19)10-6-15-8-17-12(10)7-16-11-2-1-3-13-9(11)4-5-20-13/h4-6,8,11,16H,1-3,7H2,(H,18,19). The molecule has 2 aromatic rings. The Balaban J connectivity index is 1.74. The van der Waals surface area contributed by atoms with Crippen molar-refractivity contribution in [3.05, 3.63) is 45.7 Å². The fraction of sp³-hybridized carbons (Fsp3) is 0.357. The van der Waals surface area contributed by atoms with E-state index in [1.807, 2.05) is 0 Å². The van der Waals surface area contributed by atoms with E-state index in [0.29, 0.717) is 18.3 Å². The third kappa shape index (κ3) is 2.57. The number of carbonyl (C=O) groups is 1. The van der Waals surface area contributed by atoms with Crippen LogP contribution in [0.25, 0.3) is 0 Å². The number of nitrogens with zero attached hydrogens (tertiary/aromatic N) is 2. The number of aromatic nitrogens is 2. The molecule has 1 atom stereocenters. The summed E-state index contributed by atoms with van der Waals surface area (Å²) in [6.07, 6.45) is 6.14. The fourth-order valence-electron chi connectivity index (χ4n) is 2.59. The molecule has 1 aliphatic rings. The summed E-state index contributed by atoms with van der Waals surface area (Å²) < 4.78 is 0. The SMILES string of the molecule is O=C(O)c1cncnc1CNC1CCCc2sccc21. The van der Waals surface area contributed by atoms with Gasteiger partial charge in [-0.05, 0) is 36.3 Å². The maximum Gasteiger partial charge on any atom is 0.339 e. The fourth-order valence-corrected chi connectivity index (χ4v) is 3.58. The lowest BCUT2D eigenvalue weighted by molar-refractivity contribution is 0.0694. The molecule has 0 saturated heterocycles. The number of carboxylic acids is 1. The Labute approximate surface area is 120 Å². The van der Waals surface area contributed by atoms with Gasteiger partial charge < -0.3 is 10.4 Å². The first-order valence-corrected chi connectivity index (χ1v) is 7.45. The second-order valence-electron chi connectivity index (χ2n) is 4.81. The van der Waals surface area contributed by atoms with Gasteiger partial charge in [0, 0.05) is 23.7 Å². The zero-order valence-corrected chi connectivity index (χ0v) is 11.7. The van der Waals surface area contributed by atoms with Crippen molar-refractivity contribution in [2.75, 3.05) is 0 Å². The van der Waals surface area contributed by atoms with Crippen molar-refractivity contribution in [1.82, 2.24) is 15.3 Å². The van der Waals surface area contributed by atoms with E-state index in [1.165, 1.54) is 29.4 Å². The van der Waals surface area contributed by atoms with Gasteiger partial charge in [0.1, 0.15) is 11.9 Å². The number of carboxylic acid groups (broad SMARTS) is 1. The van der Waals surface area contributed by atoms with Crippen molar-refractivity contribution in [3.8, 4) is 0 Å². The van der Waals surface area contributed by atoms with Crippen LogP contribution < -0.4 is 5.32 Å². The molecule has 20 heavy (non-hydrogen) atoms. The molecule has 2 N–H and O–H groups in total. The molecule has 5 nitrogen and oxygen atoms in total. The number of nitrogens with one attached hydrogen (secondary N) is 1.